The molecule has 0 aliphatic heterocycles. The Bertz CT molecular complexity index is 544. The third kappa shape index (κ3) is 2.28. The first kappa shape index (κ1) is 13.4. The molecule has 1 atom stereocenters. The number of carboxylic acid groups (broad SMARTS) is 1. The highest BCUT2D eigenvalue weighted by Gasteiger charge is 2.59. The topological polar surface area (TPSA) is 37.3 Å². The molecule has 0 saturated heterocycles. The number of halogens is 3. The van der Waals surface area contributed by atoms with Crippen molar-refractivity contribution >= 4 is 11.5 Å². The highest BCUT2D eigenvalue weighted by molar-refractivity contribution is 5.84. The van der Waals surface area contributed by atoms with Gasteiger partial charge in [-0.05, 0) is 17.6 Å². The zero-order valence-electron chi connectivity index (χ0n) is 9.82. The second-order valence-electron chi connectivity index (χ2n) is 4.34. The van der Waals surface area contributed by atoms with E-state index in [1.165, 1.54) is 12.2 Å². The third-order valence-electron chi connectivity index (χ3n) is 3.19. The summed E-state index contributed by atoms with van der Waals surface area (Å²) in [5.74, 6) is -1.88. The van der Waals surface area contributed by atoms with Crippen LogP contribution in [0.4, 0.5) is 13.2 Å². The van der Waals surface area contributed by atoms with Crippen LogP contribution in [0, 0.1) is 5.41 Å². The largest absolute Gasteiger partial charge is 0.480 e. The predicted molar refractivity (Wildman–Crippen MR) is 64.3 cm³/mol. The van der Waals surface area contributed by atoms with Crippen molar-refractivity contribution in [1.29, 1.82) is 0 Å². The summed E-state index contributed by atoms with van der Waals surface area (Å²) in [6, 6.07) is 8.86. The van der Waals surface area contributed by atoms with Crippen LogP contribution in [0.25, 0.3) is 5.57 Å². The number of benzene rings is 1. The molecular weight excluding hydrogens is 257 g/mol. The van der Waals surface area contributed by atoms with Crippen molar-refractivity contribution in [3.8, 4) is 0 Å². The minimum Gasteiger partial charge on any atom is -0.480 e. The lowest BCUT2D eigenvalue weighted by Crippen LogP contribution is -2.43. The monoisotopic (exact) mass is 268 g/mol. The van der Waals surface area contributed by atoms with Crippen LogP contribution < -0.4 is 0 Å². The van der Waals surface area contributed by atoms with E-state index in [1.54, 1.807) is 30.3 Å². The lowest BCUT2D eigenvalue weighted by Gasteiger charge is -2.30. The maximum Gasteiger partial charge on any atom is 0.408 e. The van der Waals surface area contributed by atoms with E-state index in [9.17, 15) is 18.0 Å². The maximum atomic E-state index is 12.9. The van der Waals surface area contributed by atoms with E-state index < -0.39 is 24.0 Å². The maximum absolute atomic E-state index is 12.9. The average molecular weight is 268 g/mol. The van der Waals surface area contributed by atoms with Gasteiger partial charge in [0.25, 0.3) is 0 Å². The van der Waals surface area contributed by atoms with Gasteiger partial charge >= 0.3 is 12.1 Å². The zero-order valence-corrected chi connectivity index (χ0v) is 9.82. The fraction of sp³-hybridized carbons (Fsp3) is 0.214. The molecule has 1 aliphatic rings. The first-order valence-corrected chi connectivity index (χ1v) is 5.62. The number of alkyl halides is 3. The molecule has 0 bridgehead atoms. The zero-order chi connectivity index (χ0) is 14.1. The van der Waals surface area contributed by atoms with Gasteiger partial charge in [0.05, 0.1) is 0 Å². The number of hydrogen-bond acceptors (Lipinski definition) is 1. The van der Waals surface area contributed by atoms with Crippen molar-refractivity contribution in [3.63, 3.8) is 0 Å². The SMILES string of the molecule is O=C(O)C1(C(F)(F)F)C=CC(c2ccccc2)=CC1. The van der Waals surface area contributed by atoms with Crippen LogP contribution in [0.5, 0.6) is 0 Å². The van der Waals surface area contributed by atoms with Crippen LogP contribution in [-0.4, -0.2) is 17.3 Å². The van der Waals surface area contributed by atoms with Crippen molar-refractivity contribution in [2.24, 2.45) is 5.41 Å². The van der Waals surface area contributed by atoms with Crippen molar-refractivity contribution < 1.29 is 23.1 Å². The number of allylic oxidation sites excluding steroid dienone is 3. The Morgan fingerprint density at radius 1 is 1.21 bits per heavy atom. The highest BCUT2D eigenvalue weighted by Crippen LogP contribution is 2.46. The van der Waals surface area contributed by atoms with Crippen molar-refractivity contribution in [2.75, 3.05) is 0 Å². The average Bonchev–Trinajstić information content (AvgIpc) is 2.38. The van der Waals surface area contributed by atoms with Gasteiger partial charge in [-0.3, -0.25) is 4.79 Å². The summed E-state index contributed by atoms with van der Waals surface area (Å²) >= 11 is 0. The van der Waals surface area contributed by atoms with E-state index in [4.69, 9.17) is 5.11 Å². The molecule has 0 saturated carbocycles. The van der Waals surface area contributed by atoms with Crippen LogP contribution in [0.1, 0.15) is 12.0 Å². The smallest absolute Gasteiger partial charge is 0.408 e. The first-order valence-electron chi connectivity index (χ1n) is 5.62. The van der Waals surface area contributed by atoms with Crippen molar-refractivity contribution in [3.05, 3.63) is 54.1 Å². The van der Waals surface area contributed by atoms with E-state index in [-0.39, 0.29) is 0 Å². The van der Waals surface area contributed by atoms with Gasteiger partial charge in [-0.2, -0.15) is 13.2 Å². The summed E-state index contributed by atoms with van der Waals surface area (Å²) in [5, 5.41) is 8.88. The molecule has 1 unspecified atom stereocenters. The van der Waals surface area contributed by atoms with Crippen molar-refractivity contribution in [2.45, 2.75) is 12.6 Å². The normalized spacial score (nSPS) is 23.0. The summed E-state index contributed by atoms with van der Waals surface area (Å²) in [6.45, 7) is 0. The Morgan fingerprint density at radius 3 is 2.26 bits per heavy atom. The molecule has 0 amide bonds. The molecule has 0 spiro atoms. The number of hydrogen-bond donors (Lipinski definition) is 1. The van der Waals surface area contributed by atoms with E-state index in [0.29, 0.717) is 5.57 Å². The standard InChI is InChI=1S/C14H11F3O2/c15-14(16,17)13(12(18)19)8-6-11(7-9-13)10-4-2-1-3-5-10/h1-8H,9H2,(H,18,19). The number of aliphatic carboxylic acids is 1. The van der Waals surface area contributed by atoms with Gasteiger partial charge in [0, 0.05) is 0 Å². The summed E-state index contributed by atoms with van der Waals surface area (Å²) in [5.41, 5.74) is -1.45. The second-order valence-corrected chi connectivity index (χ2v) is 4.34. The molecule has 0 aromatic heterocycles. The highest BCUT2D eigenvalue weighted by atomic mass is 19.4. The van der Waals surface area contributed by atoms with Gasteiger partial charge < -0.3 is 5.11 Å². The van der Waals surface area contributed by atoms with Crippen LogP contribution in [0.3, 0.4) is 0 Å². The second kappa shape index (κ2) is 4.57. The number of carboxylic acids is 1. The Morgan fingerprint density at radius 2 is 1.84 bits per heavy atom. The molecule has 0 heterocycles. The van der Waals surface area contributed by atoms with E-state index in [1.807, 2.05) is 0 Å². The summed E-state index contributed by atoms with van der Waals surface area (Å²) in [6.07, 6.45) is -2.13. The fourth-order valence-electron chi connectivity index (χ4n) is 1.97. The quantitative estimate of drug-likeness (QED) is 0.888. The summed E-state index contributed by atoms with van der Waals surface area (Å²) < 4.78 is 38.7. The van der Waals surface area contributed by atoms with Crippen molar-refractivity contribution in [1.82, 2.24) is 0 Å². The van der Waals surface area contributed by atoms with Gasteiger partial charge in [-0.1, -0.05) is 48.6 Å². The predicted octanol–water partition coefficient (Wildman–Crippen LogP) is 3.66. The van der Waals surface area contributed by atoms with E-state index in [2.05, 4.69) is 0 Å². The van der Waals surface area contributed by atoms with E-state index >= 15 is 0 Å². The molecule has 2 nitrogen and oxygen atoms in total. The molecule has 1 aliphatic carbocycles. The lowest BCUT2D eigenvalue weighted by molar-refractivity contribution is -0.216. The van der Waals surface area contributed by atoms with E-state index in [0.717, 1.165) is 11.6 Å². The summed E-state index contributed by atoms with van der Waals surface area (Å²) in [7, 11) is 0. The van der Waals surface area contributed by atoms with Gasteiger partial charge in [-0.15, -0.1) is 0 Å². The molecule has 1 N–H and O–H groups in total. The van der Waals surface area contributed by atoms with Crippen LogP contribution in [0.15, 0.2) is 48.6 Å². The summed E-state index contributed by atoms with van der Waals surface area (Å²) in [4.78, 5) is 11.0. The Labute approximate surface area is 107 Å². The Kier molecular flexibility index (Phi) is 3.22. The number of rotatable bonds is 2. The molecule has 1 aromatic carbocycles. The lowest BCUT2D eigenvalue weighted by atomic mass is 9.78. The molecule has 5 heteroatoms. The molecule has 2 rings (SSSR count). The molecule has 0 radical (unpaired) electrons. The van der Waals surface area contributed by atoms with Gasteiger partial charge in [0.15, 0.2) is 5.41 Å². The minimum absolute atomic E-state index is 0.591. The first-order chi connectivity index (χ1) is 8.87. The van der Waals surface area contributed by atoms with Crippen LogP contribution in [0.2, 0.25) is 0 Å². The fourth-order valence-corrected chi connectivity index (χ4v) is 1.97. The minimum atomic E-state index is -4.81. The van der Waals surface area contributed by atoms with Gasteiger partial charge in [0.1, 0.15) is 0 Å². The number of carbonyl (C=O) groups is 1. The van der Waals surface area contributed by atoms with Crippen LogP contribution in [-0.2, 0) is 4.79 Å². The Hall–Kier alpha value is -2.04. The van der Waals surface area contributed by atoms with Crippen LogP contribution >= 0.6 is 0 Å². The molecule has 0 fully saturated rings. The molecule has 19 heavy (non-hydrogen) atoms. The Balaban J connectivity index is 2.34. The van der Waals surface area contributed by atoms with Gasteiger partial charge in [-0.25, -0.2) is 0 Å². The molecular formula is C14H11F3O2. The molecule has 100 valence electrons. The van der Waals surface area contributed by atoms with Gasteiger partial charge in [0.2, 0.25) is 0 Å². The third-order valence-corrected chi connectivity index (χ3v) is 3.19. The molecule has 1 aromatic rings.